The highest BCUT2D eigenvalue weighted by Gasteiger charge is 2.31. The number of carbonyl (C=O) groups is 5. The average molecular weight is 568 g/mol. The van der Waals surface area contributed by atoms with Crippen molar-refractivity contribution in [1.29, 1.82) is 0 Å². The van der Waals surface area contributed by atoms with Crippen molar-refractivity contribution in [3.05, 3.63) is 59.7 Å². The molecule has 2 aromatic carbocycles. The molecule has 3 rings (SSSR count). The van der Waals surface area contributed by atoms with Crippen LogP contribution in [0.1, 0.15) is 64.5 Å². The molecule has 11 nitrogen and oxygen atoms in total. The van der Waals surface area contributed by atoms with Crippen LogP contribution in [0.15, 0.2) is 48.5 Å². The van der Waals surface area contributed by atoms with Gasteiger partial charge in [0.2, 0.25) is 11.8 Å². The molecule has 0 fully saturated rings. The smallest absolute Gasteiger partial charge is 0.407 e. The molecule has 3 amide bonds. The number of esters is 1. The van der Waals surface area contributed by atoms with Gasteiger partial charge in [0.1, 0.15) is 30.3 Å². The summed E-state index contributed by atoms with van der Waals surface area (Å²) < 4.78 is 10.9. The molecule has 1 aliphatic rings. The first kappa shape index (κ1) is 31.1. The number of amides is 3. The number of benzene rings is 2. The molecule has 1 aliphatic carbocycles. The summed E-state index contributed by atoms with van der Waals surface area (Å²) in [6.45, 7) is 7.82. The van der Waals surface area contributed by atoms with Gasteiger partial charge in [-0.25, -0.2) is 4.79 Å². The molecular formula is C30H37N3O8. The zero-order chi connectivity index (χ0) is 30.3. The lowest BCUT2D eigenvalue weighted by Gasteiger charge is -2.23. The van der Waals surface area contributed by atoms with E-state index in [0.717, 1.165) is 22.3 Å². The second-order valence-electron chi connectivity index (χ2n) is 10.9. The van der Waals surface area contributed by atoms with Crippen LogP contribution in [0.5, 0.6) is 0 Å². The van der Waals surface area contributed by atoms with Crippen molar-refractivity contribution in [1.82, 2.24) is 16.0 Å². The molecule has 3 atom stereocenters. The summed E-state index contributed by atoms with van der Waals surface area (Å²) in [6, 6.07) is 12.2. The van der Waals surface area contributed by atoms with Crippen molar-refractivity contribution < 1.29 is 38.6 Å². The number of ether oxygens (including phenoxy) is 2. The Labute approximate surface area is 239 Å². The first-order valence-corrected chi connectivity index (χ1v) is 13.4. The second-order valence-corrected chi connectivity index (χ2v) is 10.9. The molecule has 0 bridgehead atoms. The lowest BCUT2D eigenvalue weighted by molar-refractivity contribution is -0.155. The van der Waals surface area contributed by atoms with Gasteiger partial charge in [-0.3, -0.25) is 19.2 Å². The van der Waals surface area contributed by atoms with Gasteiger partial charge in [-0.2, -0.15) is 0 Å². The van der Waals surface area contributed by atoms with E-state index in [4.69, 9.17) is 14.6 Å². The topological polar surface area (TPSA) is 160 Å². The summed E-state index contributed by atoms with van der Waals surface area (Å²) in [4.78, 5) is 61.6. The normalized spacial score (nSPS) is 14.5. The van der Waals surface area contributed by atoms with Gasteiger partial charge in [-0.15, -0.1) is 0 Å². The molecular weight excluding hydrogens is 530 g/mol. The highest BCUT2D eigenvalue weighted by atomic mass is 16.6. The fourth-order valence-corrected chi connectivity index (χ4v) is 4.49. The van der Waals surface area contributed by atoms with Crippen LogP contribution in [-0.4, -0.2) is 65.3 Å². The number of aliphatic carboxylic acids is 1. The third-order valence-corrected chi connectivity index (χ3v) is 6.49. The van der Waals surface area contributed by atoms with Gasteiger partial charge in [0, 0.05) is 12.3 Å². The molecule has 11 heteroatoms. The lowest BCUT2D eigenvalue weighted by Crippen LogP contribution is -2.54. The predicted octanol–water partition coefficient (Wildman–Crippen LogP) is 3.11. The maximum atomic E-state index is 13.1. The molecule has 0 spiro atoms. The summed E-state index contributed by atoms with van der Waals surface area (Å²) in [6.07, 6.45) is -1.17. The Bertz CT molecular complexity index is 1260. The Kier molecular flexibility index (Phi) is 10.1. The van der Waals surface area contributed by atoms with Gasteiger partial charge in [-0.1, -0.05) is 48.5 Å². The van der Waals surface area contributed by atoms with Crippen LogP contribution in [0.4, 0.5) is 4.79 Å². The van der Waals surface area contributed by atoms with E-state index in [0.29, 0.717) is 0 Å². The van der Waals surface area contributed by atoms with E-state index < -0.39 is 53.6 Å². The molecule has 220 valence electrons. The minimum atomic E-state index is -1.23. The number of nitrogens with one attached hydrogen (secondary N) is 3. The van der Waals surface area contributed by atoms with Gasteiger partial charge in [0.25, 0.3) is 0 Å². The zero-order valence-corrected chi connectivity index (χ0v) is 23.9. The molecule has 0 saturated heterocycles. The van der Waals surface area contributed by atoms with Gasteiger partial charge >= 0.3 is 18.0 Å². The Morgan fingerprint density at radius 1 is 0.829 bits per heavy atom. The Morgan fingerprint density at radius 2 is 1.37 bits per heavy atom. The molecule has 0 unspecified atom stereocenters. The summed E-state index contributed by atoms with van der Waals surface area (Å²) in [5, 5.41) is 16.2. The van der Waals surface area contributed by atoms with Crippen molar-refractivity contribution in [2.75, 3.05) is 6.61 Å². The lowest BCUT2D eigenvalue weighted by atomic mass is 9.98. The molecule has 0 radical (unpaired) electrons. The van der Waals surface area contributed by atoms with E-state index in [-0.39, 0.29) is 25.4 Å². The van der Waals surface area contributed by atoms with E-state index in [1.165, 1.54) is 13.8 Å². The maximum Gasteiger partial charge on any atom is 0.407 e. The van der Waals surface area contributed by atoms with Crippen molar-refractivity contribution in [2.45, 2.75) is 77.1 Å². The highest BCUT2D eigenvalue weighted by molar-refractivity contribution is 5.92. The van der Waals surface area contributed by atoms with Gasteiger partial charge in [0.05, 0.1) is 0 Å². The summed E-state index contributed by atoms with van der Waals surface area (Å²) in [7, 11) is 0. The number of carboxylic acid groups (broad SMARTS) is 1. The predicted molar refractivity (Wildman–Crippen MR) is 150 cm³/mol. The standard InChI is InChI=1S/C30H37N3O8/c1-17(26(35)32-18(2)28(37)38)31-27(36)24(14-15-25(34)41-30(3,4)5)33-29(39)40-16-23-21-12-8-6-10-19(21)20-11-7-9-13-22(20)23/h6-13,17-18,23-24H,14-16H2,1-5H3,(H,31,36)(H,32,35)(H,33,39)(H,37,38)/t17-,18-,24+/m0/s1. The summed E-state index contributed by atoms with van der Waals surface area (Å²) >= 11 is 0. The van der Waals surface area contributed by atoms with Crippen LogP contribution in [0.2, 0.25) is 0 Å². The highest BCUT2D eigenvalue weighted by Crippen LogP contribution is 2.44. The minimum Gasteiger partial charge on any atom is -0.480 e. The second kappa shape index (κ2) is 13.3. The van der Waals surface area contributed by atoms with E-state index >= 15 is 0 Å². The number of alkyl carbamates (subject to hydrolysis) is 1. The first-order chi connectivity index (χ1) is 19.3. The maximum absolute atomic E-state index is 13.1. The van der Waals surface area contributed by atoms with Crippen molar-refractivity contribution in [3.8, 4) is 11.1 Å². The third-order valence-electron chi connectivity index (χ3n) is 6.49. The molecule has 0 aliphatic heterocycles. The van der Waals surface area contributed by atoms with Crippen LogP contribution in [-0.2, 0) is 28.7 Å². The summed E-state index contributed by atoms with van der Waals surface area (Å²) in [5.41, 5.74) is 3.45. The Morgan fingerprint density at radius 3 is 1.90 bits per heavy atom. The molecule has 0 heterocycles. The van der Waals surface area contributed by atoms with E-state index in [9.17, 15) is 24.0 Å². The Balaban J connectivity index is 1.67. The van der Waals surface area contributed by atoms with Crippen LogP contribution < -0.4 is 16.0 Å². The van der Waals surface area contributed by atoms with Crippen LogP contribution in [0.3, 0.4) is 0 Å². The number of fused-ring (bicyclic) bond motifs is 3. The van der Waals surface area contributed by atoms with Crippen molar-refractivity contribution >= 4 is 29.8 Å². The molecule has 0 saturated carbocycles. The monoisotopic (exact) mass is 567 g/mol. The SMILES string of the molecule is C[C@H](NC(=O)[C@H](C)NC(=O)[C@@H](CCC(=O)OC(C)(C)C)NC(=O)OCC1c2ccccc2-c2ccccc21)C(=O)O. The van der Waals surface area contributed by atoms with Crippen LogP contribution in [0.25, 0.3) is 11.1 Å². The molecule has 41 heavy (non-hydrogen) atoms. The number of hydrogen-bond acceptors (Lipinski definition) is 7. The van der Waals surface area contributed by atoms with Crippen molar-refractivity contribution in [2.24, 2.45) is 0 Å². The third kappa shape index (κ3) is 8.54. The van der Waals surface area contributed by atoms with E-state index in [2.05, 4.69) is 16.0 Å². The van der Waals surface area contributed by atoms with Crippen molar-refractivity contribution in [3.63, 3.8) is 0 Å². The number of carboxylic acids is 1. The molecule has 4 N–H and O–H groups in total. The summed E-state index contributed by atoms with van der Waals surface area (Å²) in [5.74, 6) is -3.45. The zero-order valence-electron chi connectivity index (χ0n) is 23.9. The molecule has 2 aromatic rings. The van der Waals surface area contributed by atoms with Gasteiger partial charge < -0.3 is 30.5 Å². The number of rotatable bonds is 11. The van der Waals surface area contributed by atoms with Gasteiger partial charge in [0.15, 0.2) is 0 Å². The molecule has 0 aromatic heterocycles. The fraction of sp³-hybridized carbons (Fsp3) is 0.433. The minimum absolute atomic E-state index is 0.0200. The van der Waals surface area contributed by atoms with E-state index in [1.54, 1.807) is 20.8 Å². The van der Waals surface area contributed by atoms with Crippen LogP contribution in [0, 0.1) is 0 Å². The van der Waals surface area contributed by atoms with E-state index in [1.807, 2.05) is 48.5 Å². The largest absolute Gasteiger partial charge is 0.480 e. The quantitative estimate of drug-likeness (QED) is 0.301. The number of hydrogen-bond donors (Lipinski definition) is 4. The average Bonchev–Trinajstić information content (AvgIpc) is 3.22. The number of carbonyl (C=O) groups excluding carboxylic acids is 4. The van der Waals surface area contributed by atoms with Crippen LogP contribution >= 0.6 is 0 Å². The first-order valence-electron chi connectivity index (χ1n) is 13.4. The fourth-order valence-electron chi connectivity index (χ4n) is 4.49. The van der Waals surface area contributed by atoms with Gasteiger partial charge in [-0.05, 0) is 63.3 Å². The Hall–Kier alpha value is -4.41.